The van der Waals surface area contributed by atoms with Crippen LogP contribution in [0.2, 0.25) is 0 Å². The van der Waals surface area contributed by atoms with Crippen molar-refractivity contribution in [1.29, 1.82) is 0 Å². The van der Waals surface area contributed by atoms with Crippen LogP contribution in [0.5, 0.6) is 0 Å². The third kappa shape index (κ3) is 4.39. The quantitative estimate of drug-likeness (QED) is 0.390. The van der Waals surface area contributed by atoms with Gasteiger partial charge in [0, 0.05) is 23.1 Å². The van der Waals surface area contributed by atoms with Crippen molar-refractivity contribution in [3.63, 3.8) is 0 Å². The fourth-order valence-electron chi connectivity index (χ4n) is 5.98. The molecule has 192 valence electrons. The monoisotopic (exact) mass is 493 g/mol. The number of aliphatic carboxylic acids is 2. The van der Waals surface area contributed by atoms with Crippen LogP contribution in [0, 0.1) is 29.0 Å². The first-order chi connectivity index (χ1) is 16.2. The molecule has 2 aliphatic rings. The molecule has 11 heteroatoms. The molecular formula is C24H32FN3O7. The van der Waals surface area contributed by atoms with Crippen molar-refractivity contribution < 1.29 is 38.5 Å². The Labute approximate surface area is 202 Å². The molecule has 0 unspecified atom stereocenters. The van der Waals surface area contributed by atoms with Gasteiger partial charge in [-0.25, -0.2) is 18.8 Å². The molecule has 3 rings (SSSR count). The third-order valence-corrected chi connectivity index (χ3v) is 7.31. The number of anilines is 1. The molecule has 0 radical (unpaired) electrons. The second-order valence-electron chi connectivity index (χ2n) is 10.2. The van der Waals surface area contributed by atoms with E-state index in [-0.39, 0.29) is 12.8 Å². The smallest absolute Gasteiger partial charge is 0.408 e. The van der Waals surface area contributed by atoms with Gasteiger partial charge in [0.25, 0.3) is 0 Å². The van der Waals surface area contributed by atoms with Gasteiger partial charge in [0.2, 0.25) is 0 Å². The molecule has 0 heterocycles. The molecule has 1 aromatic carbocycles. The number of carbonyl (C=O) groups excluding carboxylic acids is 2. The first-order valence-corrected chi connectivity index (χ1v) is 11.5. The van der Waals surface area contributed by atoms with E-state index in [1.165, 1.54) is 24.3 Å². The summed E-state index contributed by atoms with van der Waals surface area (Å²) in [4.78, 5) is 50.6. The summed E-state index contributed by atoms with van der Waals surface area (Å²) in [7, 11) is 0. The number of carboxylic acid groups (broad SMARTS) is 2. The number of hydrogen-bond acceptors (Lipinski definition) is 5. The van der Waals surface area contributed by atoms with Crippen molar-refractivity contribution >= 4 is 29.8 Å². The number of ether oxygens (including phenoxy) is 1. The topological polar surface area (TPSA) is 154 Å². The van der Waals surface area contributed by atoms with E-state index >= 15 is 0 Å². The van der Waals surface area contributed by atoms with E-state index in [4.69, 9.17) is 4.74 Å². The SMILES string of the molecule is CCC1(CC)[C@@H](NC(=O)Nc2ccc(F)cc2)[C@@H]2[C@@H](C(=O)O)[C@H]2[C@@]1(NC(=O)OC(C)(C)C)C(=O)O. The standard InChI is InChI=1S/C24H32FN3O7/c1-6-23(7-2)17(27-20(33)26-13-10-8-12(25)9-11-13)14-15(18(29)30)16(14)24(23,19(31)32)28-21(34)35-22(3,4)5/h8-11,14-17H,6-7H2,1-5H3,(H,28,34)(H,29,30)(H,31,32)(H2,26,27,33)/t14-,15-,16+,17+,24-/m1/s1. The number of amides is 3. The molecule has 2 aliphatic carbocycles. The van der Waals surface area contributed by atoms with E-state index in [2.05, 4.69) is 16.0 Å². The first kappa shape index (κ1) is 26.2. The van der Waals surface area contributed by atoms with Crippen LogP contribution in [0.1, 0.15) is 47.5 Å². The molecule has 10 nitrogen and oxygen atoms in total. The Balaban J connectivity index is 2.01. The van der Waals surface area contributed by atoms with Crippen LogP contribution < -0.4 is 16.0 Å². The number of nitrogens with one attached hydrogen (secondary N) is 3. The highest BCUT2D eigenvalue weighted by Crippen LogP contribution is 2.71. The van der Waals surface area contributed by atoms with Gasteiger partial charge in [-0.1, -0.05) is 13.8 Å². The maximum absolute atomic E-state index is 13.2. The second kappa shape index (κ2) is 9.01. The summed E-state index contributed by atoms with van der Waals surface area (Å²) in [5.41, 5.74) is -3.80. The lowest BCUT2D eigenvalue weighted by molar-refractivity contribution is -0.155. The molecule has 35 heavy (non-hydrogen) atoms. The highest BCUT2D eigenvalue weighted by Gasteiger charge is 2.84. The number of carbonyl (C=O) groups is 4. The highest BCUT2D eigenvalue weighted by atomic mass is 19.1. The Morgan fingerprint density at radius 3 is 2.09 bits per heavy atom. The van der Waals surface area contributed by atoms with Gasteiger partial charge in [0.15, 0.2) is 5.54 Å². The lowest BCUT2D eigenvalue weighted by Crippen LogP contribution is -2.69. The normalized spacial score (nSPS) is 28.4. The number of urea groups is 1. The van der Waals surface area contributed by atoms with E-state index in [0.717, 1.165) is 0 Å². The van der Waals surface area contributed by atoms with Gasteiger partial charge in [-0.3, -0.25) is 4.79 Å². The zero-order valence-corrected chi connectivity index (χ0v) is 20.3. The number of halogens is 1. The molecule has 0 bridgehead atoms. The van der Waals surface area contributed by atoms with Gasteiger partial charge < -0.3 is 30.9 Å². The maximum atomic E-state index is 13.2. The molecule has 5 N–H and O–H groups in total. The van der Waals surface area contributed by atoms with Gasteiger partial charge in [0.05, 0.1) is 5.92 Å². The van der Waals surface area contributed by atoms with Crippen LogP contribution in [-0.4, -0.2) is 51.5 Å². The van der Waals surface area contributed by atoms with Crippen molar-refractivity contribution in [1.82, 2.24) is 10.6 Å². The van der Waals surface area contributed by atoms with Crippen molar-refractivity contribution in [2.45, 2.75) is 64.6 Å². The lowest BCUT2D eigenvalue weighted by atomic mass is 9.62. The van der Waals surface area contributed by atoms with Crippen LogP contribution in [0.3, 0.4) is 0 Å². The van der Waals surface area contributed by atoms with Crippen molar-refractivity contribution in [3.05, 3.63) is 30.1 Å². The predicted octanol–water partition coefficient (Wildman–Crippen LogP) is 3.43. The van der Waals surface area contributed by atoms with Crippen LogP contribution in [0.25, 0.3) is 0 Å². The molecule has 0 aliphatic heterocycles. The fraction of sp³-hybridized carbons (Fsp3) is 0.583. The molecular weight excluding hydrogens is 461 g/mol. The molecule has 2 fully saturated rings. The van der Waals surface area contributed by atoms with Gasteiger partial charge >= 0.3 is 24.1 Å². The van der Waals surface area contributed by atoms with Gasteiger partial charge in [-0.2, -0.15) is 0 Å². The molecule has 0 spiro atoms. The Morgan fingerprint density at radius 1 is 1.06 bits per heavy atom. The summed E-state index contributed by atoms with van der Waals surface area (Å²) in [6.45, 7) is 8.37. The molecule has 3 amide bonds. The van der Waals surface area contributed by atoms with Crippen molar-refractivity contribution in [2.75, 3.05) is 5.32 Å². The van der Waals surface area contributed by atoms with Crippen molar-refractivity contribution in [3.8, 4) is 0 Å². The number of carboxylic acids is 2. The first-order valence-electron chi connectivity index (χ1n) is 11.5. The molecule has 5 atom stereocenters. The van der Waals surface area contributed by atoms with Crippen LogP contribution in [-0.2, 0) is 14.3 Å². The van der Waals surface area contributed by atoms with Gasteiger partial charge in [-0.05, 0) is 63.8 Å². The average Bonchev–Trinajstić information content (AvgIpc) is 3.44. The third-order valence-electron chi connectivity index (χ3n) is 7.31. The number of fused-ring (bicyclic) bond motifs is 1. The number of benzene rings is 1. The van der Waals surface area contributed by atoms with Gasteiger partial charge in [-0.15, -0.1) is 0 Å². The predicted molar refractivity (Wildman–Crippen MR) is 123 cm³/mol. The summed E-state index contributed by atoms with van der Waals surface area (Å²) < 4.78 is 18.5. The summed E-state index contributed by atoms with van der Waals surface area (Å²) in [5, 5.41) is 28.2. The second-order valence-corrected chi connectivity index (χ2v) is 10.2. The molecule has 0 aromatic heterocycles. The summed E-state index contributed by atoms with van der Waals surface area (Å²) in [6, 6.07) is 3.50. The zero-order valence-electron chi connectivity index (χ0n) is 20.3. The van der Waals surface area contributed by atoms with Crippen LogP contribution in [0.15, 0.2) is 24.3 Å². The van der Waals surface area contributed by atoms with Gasteiger partial charge in [0.1, 0.15) is 11.4 Å². The average molecular weight is 494 g/mol. The number of rotatable bonds is 7. The summed E-state index contributed by atoms with van der Waals surface area (Å²) in [5.74, 6) is -5.83. The minimum absolute atomic E-state index is 0.229. The maximum Gasteiger partial charge on any atom is 0.408 e. The lowest BCUT2D eigenvalue weighted by Gasteiger charge is -2.48. The number of alkyl carbamates (subject to hydrolysis) is 1. The zero-order chi connectivity index (χ0) is 26.3. The van der Waals surface area contributed by atoms with E-state index < -0.39 is 70.2 Å². The van der Waals surface area contributed by atoms with Crippen LogP contribution in [0.4, 0.5) is 19.7 Å². The summed E-state index contributed by atoms with van der Waals surface area (Å²) in [6.07, 6.45) is -0.517. The van der Waals surface area contributed by atoms with E-state index in [0.29, 0.717) is 5.69 Å². The fourth-order valence-corrected chi connectivity index (χ4v) is 5.98. The minimum Gasteiger partial charge on any atom is -0.481 e. The van der Waals surface area contributed by atoms with E-state index in [1.54, 1.807) is 34.6 Å². The minimum atomic E-state index is -1.99. The Kier molecular flexibility index (Phi) is 6.75. The molecule has 0 saturated heterocycles. The largest absolute Gasteiger partial charge is 0.481 e. The van der Waals surface area contributed by atoms with Crippen LogP contribution >= 0.6 is 0 Å². The van der Waals surface area contributed by atoms with Crippen molar-refractivity contribution in [2.24, 2.45) is 23.2 Å². The Hall–Kier alpha value is -3.37. The molecule has 2 saturated carbocycles. The highest BCUT2D eigenvalue weighted by molar-refractivity contribution is 5.93. The molecule has 1 aromatic rings. The number of hydrogen-bond donors (Lipinski definition) is 5. The Morgan fingerprint density at radius 2 is 1.63 bits per heavy atom. The van der Waals surface area contributed by atoms with E-state index in [1.807, 2.05) is 0 Å². The Bertz CT molecular complexity index is 1020. The summed E-state index contributed by atoms with van der Waals surface area (Å²) >= 11 is 0. The van der Waals surface area contributed by atoms with E-state index in [9.17, 15) is 33.8 Å².